The molecular weight excluding hydrogens is 248 g/mol. The van der Waals surface area contributed by atoms with Crippen LogP contribution in [0.25, 0.3) is 0 Å². The first-order valence-corrected chi connectivity index (χ1v) is 6.80. The van der Waals surface area contributed by atoms with E-state index in [0.29, 0.717) is 6.54 Å². The van der Waals surface area contributed by atoms with E-state index in [9.17, 15) is 4.79 Å². The van der Waals surface area contributed by atoms with Crippen LogP contribution >= 0.6 is 11.8 Å². The van der Waals surface area contributed by atoms with Crippen LogP contribution in [0, 0.1) is 6.92 Å². The minimum Gasteiger partial charge on any atom is -0.459 e. The van der Waals surface area contributed by atoms with Crippen LogP contribution in [0.1, 0.15) is 31.9 Å². The van der Waals surface area contributed by atoms with Crippen LogP contribution in [0.4, 0.5) is 0 Å². The number of hydrogen-bond donors (Lipinski definition) is 1. The van der Waals surface area contributed by atoms with E-state index in [-0.39, 0.29) is 11.7 Å². The molecule has 100 valence electrons. The molecule has 0 atom stereocenters. The number of hydrogen-bond acceptors (Lipinski definition) is 5. The maximum Gasteiger partial charge on any atom is 0.316 e. The maximum atomic E-state index is 11.6. The number of pyridine rings is 1. The molecule has 5 heteroatoms. The van der Waals surface area contributed by atoms with Gasteiger partial charge in [-0.3, -0.25) is 4.79 Å². The van der Waals surface area contributed by atoms with Crippen molar-refractivity contribution < 1.29 is 9.53 Å². The Kier molecular flexibility index (Phi) is 5.16. The van der Waals surface area contributed by atoms with Crippen molar-refractivity contribution in [2.24, 2.45) is 5.73 Å². The van der Waals surface area contributed by atoms with Gasteiger partial charge in [-0.15, -0.1) is 0 Å². The lowest BCUT2D eigenvalue weighted by Crippen LogP contribution is -2.24. The summed E-state index contributed by atoms with van der Waals surface area (Å²) in [5.74, 6) is 0.0455. The number of rotatable bonds is 4. The van der Waals surface area contributed by atoms with E-state index in [1.54, 1.807) is 6.20 Å². The molecule has 1 aromatic rings. The minimum atomic E-state index is -0.441. The summed E-state index contributed by atoms with van der Waals surface area (Å²) < 4.78 is 5.24. The molecular formula is C13H20N2O2S. The second-order valence-electron chi connectivity index (χ2n) is 5.04. The van der Waals surface area contributed by atoms with Gasteiger partial charge in [0.05, 0.1) is 10.8 Å². The number of aromatic nitrogens is 1. The summed E-state index contributed by atoms with van der Waals surface area (Å²) in [7, 11) is 0. The van der Waals surface area contributed by atoms with Crippen LogP contribution < -0.4 is 5.73 Å². The molecule has 0 radical (unpaired) electrons. The second kappa shape index (κ2) is 6.20. The average molecular weight is 268 g/mol. The molecule has 1 heterocycles. The van der Waals surface area contributed by atoms with Crippen molar-refractivity contribution in [1.29, 1.82) is 0 Å². The van der Waals surface area contributed by atoms with Gasteiger partial charge < -0.3 is 10.5 Å². The Balaban J connectivity index is 2.56. The summed E-state index contributed by atoms with van der Waals surface area (Å²) in [5, 5.41) is 0.845. The third-order valence-corrected chi connectivity index (χ3v) is 3.15. The van der Waals surface area contributed by atoms with Gasteiger partial charge in [0.1, 0.15) is 5.60 Å². The molecule has 0 aliphatic rings. The van der Waals surface area contributed by atoms with Gasteiger partial charge in [-0.2, -0.15) is 0 Å². The first-order valence-electron chi connectivity index (χ1n) is 5.82. The largest absolute Gasteiger partial charge is 0.459 e. The van der Waals surface area contributed by atoms with Crippen LogP contribution in [-0.4, -0.2) is 22.3 Å². The monoisotopic (exact) mass is 268 g/mol. The Morgan fingerprint density at radius 1 is 1.50 bits per heavy atom. The van der Waals surface area contributed by atoms with Crippen molar-refractivity contribution in [3.63, 3.8) is 0 Å². The van der Waals surface area contributed by atoms with Crippen molar-refractivity contribution in [3.8, 4) is 0 Å². The molecule has 18 heavy (non-hydrogen) atoms. The molecule has 0 unspecified atom stereocenters. The quantitative estimate of drug-likeness (QED) is 0.670. The van der Waals surface area contributed by atoms with Crippen LogP contribution in [-0.2, 0) is 16.1 Å². The lowest BCUT2D eigenvalue weighted by atomic mass is 10.2. The van der Waals surface area contributed by atoms with E-state index >= 15 is 0 Å². The van der Waals surface area contributed by atoms with Crippen molar-refractivity contribution in [2.45, 2.75) is 44.9 Å². The summed E-state index contributed by atoms with van der Waals surface area (Å²) >= 11 is 1.39. The normalized spacial score (nSPS) is 11.4. The zero-order chi connectivity index (χ0) is 13.8. The fraction of sp³-hybridized carbons (Fsp3) is 0.538. The Morgan fingerprint density at radius 3 is 2.67 bits per heavy atom. The molecule has 0 bridgehead atoms. The van der Waals surface area contributed by atoms with Crippen LogP contribution in [0.3, 0.4) is 0 Å². The van der Waals surface area contributed by atoms with Crippen molar-refractivity contribution in [1.82, 2.24) is 4.98 Å². The third kappa shape index (κ3) is 5.06. The number of carbonyl (C=O) groups excluding carboxylic acids is 1. The molecule has 0 fully saturated rings. The number of thioether (sulfide) groups is 1. The highest BCUT2D eigenvalue weighted by atomic mass is 32.2. The lowest BCUT2D eigenvalue weighted by molar-refractivity contribution is -0.151. The molecule has 1 rings (SSSR count). The first kappa shape index (κ1) is 15.0. The summed E-state index contributed by atoms with van der Waals surface area (Å²) in [6.45, 7) is 8.01. The highest BCUT2D eigenvalue weighted by molar-refractivity contribution is 7.99. The van der Waals surface area contributed by atoms with Crippen LogP contribution in [0.5, 0.6) is 0 Å². The van der Waals surface area contributed by atoms with E-state index in [1.165, 1.54) is 11.8 Å². The Labute approximate surface area is 112 Å². The van der Waals surface area contributed by atoms with Crippen LogP contribution in [0.2, 0.25) is 0 Å². The summed E-state index contributed by atoms with van der Waals surface area (Å²) in [4.78, 5) is 15.9. The average Bonchev–Trinajstić information content (AvgIpc) is 2.25. The van der Waals surface area contributed by atoms with Gasteiger partial charge in [0, 0.05) is 12.7 Å². The first-order chi connectivity index (χ1) is 8.31. The molecule has 1 aromatic heterocycles. The van der Waals surface area contributed by atoms with Gasteiger partial charge in [0.15, 0.2) is 0 Å². The summed E-state index contributed by atoms with van der Waals surface area (Å²) in [5.41, 5.74) is 7.13. The van der Waals surface area contributed by atoms with Gasteiger partial charge in [-0.25, -0.2) is 4.98 Å². The number of nitrogens with zero attached hydrogens (tertiary/aromatic N) is 1. The maximum absolute atomic E-state index is 11.6. The molecule has 0 saturated heterocycles. The number of nitrogens with two attached hydrogens (primary N) is 1. The van der Waals surface area contributed by atoms with Gasteiger partial charge >= 0.3 is 5.97 Å². The van der Waals surface area contributed by atoms with E-state index in [4.69, 9.17) is 10.5 Å². The molecule has 0 aliphatic carbocycles. The van der Waals surface area contributed by atoms with Crippen molar-refractivity contribution in [2.75, 3.05) is 5.75 Å². The number of esters is 1. The summed E-state index contributed by atoms with van der Waals surface area (Å²) in [6.07, 6.45) is 1.74. The Morgan fingerprint density at radius 2 is 2.17 bits per heavy atom. The molecule has 0 spiro atoms. The predicted molar refractivity (Wildman–Crippen MR) is 73.4 cm³/mol. The van der Waals surface area contributed by atoms with Gasteiger partial charge in [0.2, 0.25) is 0 Å². The fourth-order valence-corrected chi connectivity index (χ4v) is 2.11. The summed E-state index contributed by atoms with van der Waals surface area (Å²) in [6, 6.07) is 1.99. The highest BCUT2D eigenvalue weighted by Crippen LogP contribution is 2.21. The predicted octanol–water partition coefficient (Wildman–Crippen LogP) is 2.28. The van der Waals surface area contributed by atoms with Gasteiger partial charge in [0.25, 0.3) is 0 Å². The second-order valence-corrected chi connectivity index (χ2v) is 6.01. The third-order valence-electron chi connectivity index (χ3n) is 2.07. The molecule has 0 aliphatic heterocycles. The number of carbonyl (C=O) groups is 1. The Bertz CT molecular complexity index is 427. The zero-order valence-electron chi connectivity index (χ0n) is 11.3. The van der Waals surface area contributed by atoms with E-state index < -0.39 is 5.60 Å². The smallest absolute Gasteiger partial charge is 0.316 e. The SMILES string of the molecule is Cc1cc(CN)cnc1SCC(=O)OC(C)(C)C. The Hall–Kier alpha value is -1.07. The zero-order valence-corrected chi connectivity index (χ0v) is 12.1. The minimum absolute atomic E-state index is 0.225. The van der Waals surface area contributed by atoms with E-state index in [2.05, 4.69) is 4.98 Å². The van der Waals surface area contributed by atoms with E-state index in [0.717, 1.165) is 16.2 Å². The fourth-order valence-electron chi connectivity index (χ4n) is 1.38. The molecule has 0 saturated carbocycles. The van der Waals surface area contributed by atoms with Crippen molar-refractivity contribution >= 4 is 17.7 Å². The molecule has 2 N–H and O–H groups in total. The highest BCUT2D eigenvalue weighted by Gasteiger charge is 2.16. The molecule has 4 nitrogen and oxygen atoms in total. The lowest BCUT2D eigenvalue weighted by Gasteiger charge is -2.19. The molecule has 0 amide bonds. The van der Waals surface area contributed by atoms with Crippen molar-refractivity contribution in [3.05, 3.63) is 23.4 Å². The molecule has 0 aromatic carbocycles. The van der Waals surface area contributed by atoms with Gasteiger partial charge in [-0.1, -0.05) is 17.8 Å². The number of ether oxygens (including phenoxy) is 1. The van der Waals surface area contributed by atoms with Gasteiger partial charge in [-0.05, 0) is 38.8 Å². The van der Waals surface area contributed by atoms with Crippen LogP contribution in [0.15, 0.2) is 17.3 Å². The number of aryl methyl sites for hydroxylation is 1. The topological polar surface area (TPSA) is 65.2 Å². The standard InChI is InChI=1S/C13H20N2O2S/c1-9-5-10(6-14)7-15-12(9)18-8-11(16)17-13(2,3)4/h5,7H,6,8,14H2,1-4H3. The van der Waals surface area contributed by atoms with E-state index in [1.807, 2.05) is 33.8 Å².